The monoisotopic (exact) mass is 549 g/mol. The Morgan fingerprint density at radius 1 is 1.28 bits per heavy atom. The van der Waals surface area contributed by atoms with Crippen LogP contribution in [0.2, 0.25) is 0 Å². The summed E-state index contributed by atoms with van der Waals surface area (Å²) in [6, 6.07) is 5.07. The van der Waals surface area contributed by atoms with Crippen LogP contribution in [0.25, 0.3) is 0 Å². The molecular formula is C16H26BrFIN3O2S. The number of hydrogen-bond donors (Lipinski definition) is 2. The van der Waals surface area contributed by atoms with Gasteiger partial charge in [0.15, 0.2) is 5.96 Å². The first-order valence-electron chi connectivity index (χ1n) is 7.95. The van der Waals surface area contributed by atoms with Gasteiger partial charge in [-0.15, -0.1) is 24.0 Å². The Morgan fingerprint density at radius 3 is 2.60 bits per heavy atom. The predicted molar refractivity (Wildman–Crippen MR) is 116 cm³/mol. The first kappa shape index (κ1) is 24.6. The minimum atomic E-state index is -2.93. The molecule has 144 valence electrons. The number of nitrogens with zero attached hydrogens (tertiary/aromatic N) is 1. The molecule has 1 rings (SSSR count). The summed E-state index contributed by atoms with van der Waals surface area (Å²) in [5, 5.41) is 6.21. The van der Waals surface area contributed by atoms with Crippen molar-refractivity contribution < 1.29 is 12.8 Å². The molecule has 0 spiro atoms. The Morgan fingerprint density at radius 2 is 2.00 bits per heavy atom. The highest BCUT2D eigenvalue weighted by molar-refractivity contribution is 14.0. The number of hydrogen-bond acceptors (Lipinski definition) is 3. The second-order valence-corrected chi connectivity index (χ2v) is 8.69. The van der Waals surface area contributed by atoms with Gasteiger partial charge in [-0.2, -0.15) is 0 Å². The summed E-state index contributed by atoms with van der Waals surface area (Å²) in [5.41, 5.74) is 0.680. The number of guanidine groups is 1. The van der Waals surface area contributed by atoms with E-state index in [0.29, 0.717) is 37.5 Å². The SMILES string of the molecule is CCNC(=NCCCc1ccc(Br)cc1F)NCCCS(C)(=O)=O.I. The molecule has 0 fully saturated rings. The van der Waals surface area contributed by atoms with Crippen LogP contribution in [-0.4, -0.2) is 46.0 Å². The van der Waals surface area contributed by atoms with E-state index in [1.807, 2.05) is 13.0 Å². The van der Waals surface area contributed by atoms with Crippen molar-refractivity contribution in [3.05, 3.63) is 34.1 Å². The van der Waals surface area contributed by atoms with Gasteiger partial charge in [-0.3, -0.25) is 4.99 Å². The van der Waals surface area contributed by atoms with Crippen LogP contribution in [0.15, 0.2) is 27.7 Å². The largest absolute Gasteiger partial charge is 0.357 e. The second-order valence-electron chi connectivity index (χ2n) is 5.51. The summed E-state index contributed by atoms with van der Waals surface area (Å²) in [6.07, 6.45) is 3.12. The average Bonchev–Trinajstić information content (AvgIpc) is 2.48. The fourth-order valence-corrected chi connectivity index (χ4v) is 3.07. The number of aryl methyl sites for hydroxylation is 1. The van der Waals surface area contributed by atoms with Gasteiger partial charge in [0, 0.05) is 30.4 Å². The predicted octanol–water partition coefficient (Wildman–Crippen LogP) is 3.13. The van der Waals surface area contributed by atoms with Gasteiger partial charge >= 0.3 is 0 Å². The van der Waals surface area contributed by atoms with Gasteiger partial charge in [-0.05, 0) is 43.9 Å². The lowest BCUT2D eigenvalue weighted by Gasteiger charge is -2.11. The van der Waals surface area contributed by atoms with Crippen LogP contribution in [0.1, 0.15) is 25.3 Å². The second kappa shape index (κ2) is 12.9. The lowest BCUT2D eigenvalue weighted by Crippen LogP contribution is -2.38. The summed E-state index contributed by atoms with van der Waals surface area (Å²) in [5.74, 6) is 0.601. The quantitative estimate of drug-likeness (QED) is 0.215. The Kier molecular flexibility index (Phi) is 12.6. The number of aliphatic imine (C=N–C) groups is 1. The van der Waals surface area contributed by atoms with E-state index in [1.54, 1.807) is 6.07 Å². The summed E-state index contributed by atoms with van der Waals surface area (Å²) < 4.78 is 36.6. The van der Waals surface area contributed by atoms with E-state index in [9.17, 15) is 12.8 Å². The summed E-state index contributed by atoms with van der Waals surface area (Å²) in [4.78, 5) is 4.42. The molecule has 9 heteroatoms. The molecule has 0 heterocycles. The molecule has 0 radical (unpaired) electrons. The van der Waals surface area contributed by atoms with E-state index in [1.165, 1.54) is 12.3 Å². The molecule has 0 aliphatic rings. The number of halogens is 3. The average molecular weight is 550 g/mol. The third kappa shape index (κ3) is 11.7. The molecule has 1 aromatic carbocycles. The molecule has 0 bridgehead atoms. The van der Waals surface area contributed by atoms with Gasteiger partial charge in [0.25, 0.3) is 0 Å². The molecule has 0 saturated heterocycles. The zero-order valence-electron chi connectivity index (χ0n) is 14.5. The summed E-state index contributed by atoms with van der Waals surface area (Å²) in [7, 11) is -2.93. The molecule has 0 amide bonds. The Bertz CT molecular complexity index is 657. The first-order chi connectivity index (χ1) is 11.3. The van der Waals surface area contributed by atoms with Crippen LogP contribution in [0.5, 0.6) is 0 Å². The van der Waals surface area contributed by atoms with Crippen molar-refractivity contribution in [2.75, 3.05) is 31.6 Å². The number of nitrogens with one attached hydrogen (secondary N) is 2. The van der Waals surface area contributed by atoms with Gasteiger partial charge in [0.05, 0.1) is 5.75 Å². The molecule has 0 aromatic heterocycles. The standard InChI is InChI=1S/C16H25BrFN3O2S.HI/c1-3-19-16(21-10-5-11-24(2,22)23)20-9-4-6-13-7-8-14(17)12-15(13)18;/h7-8,12H,3-6,9-11H2,1-2H3,(H2,19,20,21);1H. The number of rotatable bonds is 9. The highest BCUT2D eigenvalue weighted by Gasteiger charge is 2.04. The smallest absolute Gasteiger partial charge is 0.191 e. The highest BCUT2D eigenvalue weighted by Crippen LogP contribution is 2.16. The van der Waals surface area contributed by atoms with Crippen molar-refractivity contribution >= 4 is 55.7 Å². The van der Waals surface area contributed by atoms with Crippen molar-refractivity contribution in [2.45, 2.75) is 26.2 Å². The third-order valence-electron chi connectivity index (χ3n) is 3.22. The molecule has 1 aromatic rings. The van der Waals surface area contributed by atoms with E-state index >= 15 is 0 Å². The molecule has 0 aliphatic heterocycles. The fourth-order valence-electron chi connectivity index (χ4n) is 2.07. The summed E-state index contributed by atoms with van der Waals surface area (Å²) in [6.45, 7) is 3.79. The number of benzene rings is 1. The maximum atomic E-state index is 13.7. The topological polar surface area (TPSA) is 70.6 Å². The van der Waals surface area contributed by atoms with E-state index in [0.717, 1.165) is 17.4 Å². The zero-order chi connectivity index (χ0) is 18.0. The first-order valence-corrected chi connectivity index (χ1v) is 10.8. The van der Waals surface area contributed by atoms with Crippen molar-refractivity contribution in [1.29, 1.82) is 0 Å². The van der Waals surface area contributed by atoms with Crippen LogP contribution < -0.4 is 10.6 Å². The molecular weight excluding hydrogens is 524 g/mol. The maximum Gasteiger partial charge on any atom is 0.191 e. The normalized spacial score (nSPS) is 11.8. The Hall–Kier alpha value is -0.420. The van der Waals surface area contributed by atoms with Gasteiger partial charge in [-0.25, -0.2) is 12.8 Å². The lowest BCUT2D eigenvalue weighted by molar-refractivity contribution is 0.598. The minimum Gasteiger partial charge on any atom is -0.357 e. The van der Waals surface area contributed by atoms with E-state index in [2.05, 4.69) is 31.6 Å². The summed E-state index contributed by atoms with van der Waals surface area (Å²) >= 11 is 3.24. The van der Waals surface area contributed by atoms with Crippen molar-refractivity contribution in [1.82, 2.24) is 10.6 Å². The Balaban J connectivity index is 0.00000576. The van der Waals surface area contributed by atoms with Gasteiger partial charge in [0.2, 0.25) is 0 Å². The lowest BCUT2D eigenvalue weighted by atomic mass is 10.1. The maximum absolute atomic E-state index is 13.7. The van der Waals surface area contributed by atoms with Crippen LogP contribution in [0.4, 0.5) is 4.39 Å². The van der Waals surface area contributed by atoms with Gasteiger partial charge < -0.3 is 10.6 Å². The van der Waals surface area contributed by atoms with E-state index in [4.69, 9.17) is 0 Å². The van der Waals surface area contributed by atoms with Crippen LogP contribution >= 0.6 is 39.9 Å². The molecule has 0 aliphatic carbocycles. The van der Waals surface area contributed by atoms with Gasteiger partial charge in [-0.1, -0.05) is 22.0 Å². The van der Waals surface area contributed by atoms with Gasteiger partial charge in [0.1, 0.15) is 15.7 Å². The van der Waals surface area contributed by atoms with Crippen molar-refractivity contribution in [2.24, 2.45) is 4.99 Å². The minimum absolute atomic E-state index is 0. The van der Waals surface area contributed by atoms with Crippen LogP contribution in [0, 0.1) is 5.82 Å². The molecule has 0 unspecified atom stereocenters. The van der Waals surface area contributed by atoms with Crippen LogP contribution in [-0.2, 0) is 16.3 Å². The third-order valence-corrected chi connectivity index (χ3v) is 4.74. The Labute approximate surface area is 175 Å². The highest BCUT2D eigenvalue weighted by atomic mass is 127. The zero-order valence-corrected chi connectivity index (χ0v) is 19.3. The fraction of sp³-hybridized carbons (Fsp3) is 0.562. The van der Waals surface area contributed by atoms with Crippen molar-refractivity contribution in [3.8, 4) is 0 Å². The van der Waals surface area contributed by atoms with E-state index in [-0.39, 0.29) is 35.5 Å². The molecule has 0 atom stereocenters. The van der Waals surface area contributed by atoms with Crippen molar-refractivity contribution in [3.63, 3.8) is 0 Å². The molecule has 25 heavy (non-hydrogen) atoms. The molecule has 0 saturated carbocycles. The molecule has 2 N–H and O–H groups in total. The van der Waals surface area contributed by atoms with Crippen LogP contribution in [0.3, 0.4) is 0 Å². The number of sulfone groups is 1. The van der Waals surface area contributed by atoms with E-state index < -0.39 is 9.84 Å². The molecule has 5 nitrogen and oxygen atoms in total.